The number of carboxylic acids is 1. The van der Waals surface area contributed by atoms with Crippen LogP contribution < -0.4 is 5.32 Å². The van der Waals surface area contributed by atoms with Crippen molar-refractivity contribution in [2.45, 2.75) is 32.9 Å². The molecule has 0 aromatic carbocycles. The summed E-state index contributed by atoms with van der Waals surface area (Å²) in [6, 6.07) is 3.91. The number of hydrogen-bond donors (Lipinski definition) is 2. The molecule has 1 atom stereocenters. The van der Waals surface area contributed by atoms with E-state index in [2.05, 4.69) is 10.3 Å². The quantitative estimate of drug-likeness (QED) is 0.766. The second kappa shape index (κ2) is 5.46. The van der Waals surface area contributed by atoms with Gasteiger partial charge in [-0.15, -0.1) is 0 Å². The van der Waals surface area contributed by atoms with Crippen LogP contribution in [0.1, 0.15) is 24.6 Å². The van der Waals surface area contributed by atoms with Gasteiger partial charge in [0.25, 0.3) is 0 Å². The first kappa shape index (κ1) is 11.7. The minimum Gasteiger partial charge on any atom is -0.481 e. The normalized spacial score (nSPS) is 12.4. The SMILES string of the molecule is Cc1ccc(CNC(C)CC(=O)O)cn1. The van der Waals surface area contributed by atoms with E-state index in [-0.39, 0.29) is 12.5 Å². The zero-order chi connectivity index (χ0) is 11.3. The molecule has 0 aliphatic carbocycles. The van der Waals surface area contributed by atoms with E-state index in [1.165, 1.54) is 0 Å². The number of carbonyl (C=O) groups is 1. The number of nitrogens with one attached hydrogen (secondary N) is 1. The first-order valence-electron chi connectivity index (χ1n) is 4.94. The largest absolute Gasteiger partial charge is 0.481 e. The Kier molecular flexibility index (Phi) is 4.24. The zero-order valence-electron chi connectivity index (χ0n) is 9.03. The van der Waals surface area contributed by atoms with Gasteiger partial charge in [-0.05, 0) is 25.5 Å². The average Bonchev–Trinajstić information content (AvgIpc) is 2.16. The van der Waals surface area contributed by atoms with Gasteiger partial charge in [0.2, 0.25) is 0 Å². The van der Waals surface area contributed by atoms with Crippen molar-refractivity contribution in [3.05, 3.63) is 29.6 Å². The molecule has 0 amide bonds. The molecule has 1 aromatic heterocycles. The van der Waals surface area contributed by atoms with Crippen LogP contribution >= 0.6 is 0 Å². The third kappa shape index (κ3) is 4.56. The molecule has 0 saturated carbocycles. The van der Waals surface area contributed by atoms with Crippen molar-refractivity contribution in [2.75, 3.05) is 0 Å². The molecule has 2 N–H and O–H groups in total. The molecule has 4 heteroatoms. The highest BCUT2D eigenvalue weighted by atomic mass is 16.4. The maximum Gasteiger partial charge on any atom is 0.304 e. The van der Waals surface area contributed by atoms with E-state index in [0.29, 0.717) is 6.54 Å². The van der Waals surface area contributed by atoms with Crippen molar-refractivity contribution < 1.29 is 9.90 Å². The summed E-state index contributed by atoms with van der Waals surface area (Å²) in [7, 11) is 0. The Hall–Kier alpha value is -1.42. The number of carboxylic acid groups (broad SMARTS) is 1. The van der Waals surface area contributed by atoms with Crippen LogP contribution in [-0.4, -0.2) is 22.1 Å². The highest BCUT2D eigenvalue weighted by Gasteiger charge is 2.06. The van der Waals surface area contributed by atoms with Crippen molar-refractivity contribution in [1.29, 1.82) is 0 Å². The Morgan fingerprint density at radius 3 is 2.87 bits per heavy atom. The van der Waals surface area contributed by atoms with E-state index in [1.807, 2.05) is 26.0 Å². The molecular weight excluding hydrogens is 192 g/mol. The third-order valence-electron chi connectivity index (χ3n) is 2.11. The van der Waals surface area contributed by atoms with Crippen molar-refractivity contribution in [2.24, 2.45) is 0 Å². The third-order valence-corrected chi connectivity index (χ3v) is 2.11. The smallest absolute Gasteiger partial charge is 0.304 e. The van der Waals surface area contributed by atoms with Crippen LogP contribution in [0.15, 0.2) is 18.3 Å². The van der Waals surface area contributed by atoms with Crippen LogP contribution in [0, 0.1) is 6.92 Å². The lowest BCUT2D eigenvalue weighted by molar-refractivity contribution is -0.137. The molecule has 0 fully saturated rings. The van der Waals surface area contributed by atoms with Crippen LogP contribution in [0.3, 0.4) is 0 Å². The summed E-state index contributed by atoms with van der Waals surface area (Å²) in [5, 5.41) is 11.7. The molecule has 0 aliphatic rings. The van der Waals surface area contributed by atoms with Crippen molar-refractivity contribution in [3.8, 4) is 0 Å². The van der Waals surface area contributed by atoms with E-state index >= 15 is 0 Å². The van der Waals surface area contributed by atoms with Crippen molar-refractivity contribution in [1.82, 2.24) is 10.3 Å². The Labute approximate surface area is 89.3 Å². The molecule has 15 heavy (non-hydrogen) atoms. The van der Waals surface area contributed by atoms with Crippen LogP contribution in [0.4, 0.5) is 0 Å². The van der Waals surface area contributed by atoms with E-state index in [9.17, 15) is 4.79 Å². The van der Waals surface area contributed by atoms with Crippen LogP contribution in [-0.2, 0) is 11.3 Å². The van der Waals surface area contributed by atoms with Crippen LogP contribution in [0.25, 0.3) is 0 Å². The predicted octanol–water partition coefficient (Wildman–Crippen LogP) is 1.34. The minimum absolute atomic E-state index is 0.0243. The molecule has 1 unspecified atom stereocenters. The van der Waals surface area contributed by atoms with Crippen LogP contribution in [0.5, 0.6) is 0 Å². The lowest BCUT2D eigenvalue weighted by Gasteiger charge is -2.10. The van der Waals surface area contributed by atoms with Gasteiger partial charge < -0.3 is 10.4 Å². The molecule has 1 aromatic rings. The number of nitrogens with zero attached hydrogens (tertiary/aromatic N) is 1. The second-order valence-corrected chi connectivity index (χ2v) is 3.69. The summed E-state index contributed by atoms with van der Waals surface area (Å²) in [4.78, 5) is 14.6. The molecule has 0 spiro atoms. The molecule has 4 nitrogen and oxygen atoms in total. The van der Waals surface area contributed by atoms with Gasteiger partial charge in [-0.2, -0.15) is 0 Å². The highest BCUT2D eigenvalue weighted by Crippen LogP contribution is 2.00. The first-order valence-corrected chi connectivity index (χ1v) is 4.94. The summed E-state index contributed by atoms with van der Waals surface area (Å²) in [5.41, 5.74) is 2.05. The van der Waals surface area contributed by atoms with Gasteiger partial charge in [-0.25, -0.2) is 0 Å². The summed E-state index contributed by atoms with van der Waals surface area (Å²) in [5.74, 6) is -0.781. The number of rotatable bonds is 5. The monoisotopic (exact) mass is 208 g/mol. The fourth-order valence-electron chi connectivity index (χ4n) is 1.23. The average molecular weight is 208 g/mol. The summed E-state index contributed by atoms with van der Waals surface area (Å²) >= 11 is 0. The highest BCUT2D eigenvalue weighted by molar-refractivity contribution is 5.67. The van der Waals surface area contributed by atoms with Crippen molar-refractivity contribution >= 4 is 5.97 Å². The Balaban J connectivity index is 2.36. The molecule has 0 bridgehead atoms. The second-order valence-electron chi connectivity index (χ2n) is 3.69. The van der Waals surface area contributed by atoms with Crippen molar-refractivity contribution in [3.63, 3.8) is 0 Å². The maximum atomic E-state index is 10.4. The predicted molar refractivity (Wildman–Crippen MR) is 57.5 cm³/mol. The lowest BCUT2D eigenvalue weighted by atomic mass is 10.2. The number of aryl methyl sites for hydroxylation is 1. The first-order chi connectivity index (χ1) is 7.08. The van der Waals surface area contributed by atoms with Gasteiger partial charge in [0.1, 0.15) is 0 Å². The number of hydrogen-bond acceptors (Lipinski definition) is 3. The molecule has 0 radical (unpaired) electrons. The summed E-state index contributed by atoms with van der Waals surface area (Å²) < 4.78 is 0. The molecular formula is C11H16N2O2. The molecule has 0 aliphatic heterocycles. The topological polar surface area (TPSA) is 62.2 Å². The lowest BCUT2D eigenvalue weighted by Crippen LogP contribution is -2.27. The Bertz CT molecular complexity index is 322. The molecule has 1 rings (SSSR count). The number of pyridine rings is 1. The minimum atomic E-state index is -0.781. The zero-order valence-corrected chi connectivity index (χ0v) is 9.03. The van der Waals surface area contributed by atoms with E-state index in [4.69, 9.17) is 5.11 Å². The molecule has 1 heterocycles. The Morgan fingerprint density at radius 2 is 2.33 bits per heavy atom. The Morgan fingerprint density at radius 1 is 1.60 bits per heavy atom. The van der Waals surface area contributed by atoms with E-state index < -0.39 is 5.97 Å². The van der Waals surface area contributed by atoms with Gasteiger partial charge in [0, 0.05) is 24.5 Å². The van der Waals surface area contributed by atoms with Gasteiger partial charge in [0.05, 0.1) is 6.42 Å². The standard InChI is InChI=1S/C11H16N2O2/c1-8-3-4-10(6-12-8)7-13-9(2)5-11(14)15/h3-4,6,9,13H,5,7H2,1-2H3,(H,14,15). The number of aromatic nitrogens is 1. The van der Waals surface area contributed by atoms with E-state index in [0.717, 1.165) is 11.3 Å². The fourth-order valence-corrected chi connectivity index (χ4v) is 1.23. The van der Waals surface area contributed by atoms with Gasteiger partial charge >= 0.3 is 5.97 Å². The van der Waals surface area contributed by atoms with Crippen LogP contribution in [0.2, 0.25) is 0 Å². The van der Waals surface area contributed by atoms with Gasteiger partial charge in [-0.3, -0.25) is 9.78 Å². The van der Waals surface area contributed by atoms with Gasteiger partial charge in [-0.1, -0.05) is 6.07 Å². The number of aliphatic carboxylic acids is 1. The summed E-state index contributed by atoms with van der Waals surface area (Å²) in [6.45, 7) is 4.45. The molecule has 82 valence electrons. The van der Waals surface area contributed by atoms with Gasteiger partial charge in [0.15, 0.2) is 0 Å². The van der Waals surface area contributed by atoms with E-state index in [1.54, 1.807) is 6.20 Å². The maximum absolute atomic E-state index is 10.4. The summed E-state index contributed by atoms with van der Waals surface area (Å²) in [6.07, 6.45) is 1.94. The molecule has 0 saturated heterocycles. The fraction of sp³-hybridized carbons (Fsp3) is 0.455.